The van der Waals surface area contributed by atoms with Crippen molar-refractivity contribution in [3.63, 3.8) is 0 Å². The van der Waals surface area contributed by atoms with Gasteiger partial charge in [-0.15, -0.1) is 24.0 Å². The fourth-order valence-electron chi connectivity index (χ4n) is 4.04. The Kier molecular flexibility index (Phi) is 11.5. The molecule has 2 rings (SSSR count). The van der Waals surface area contributed by atoms with Crippen molar-refractivity contribution in [1.82, 2.24) is 20.9 Å². The Morgan fingerprint density at radius 3 is 2.30 bits per heavy atom. The Balaban J connectivity index is 0.00000364. The van der Waals surface area contributed by atoms with Gasteiger partial charge in [0, 0.05) is 57.3 Å². The fourth-order valence-corrected chi connectivity index (χ4v) is 4.04. The minimum absolute atomic E-state index is 0. The van der Waals surface area contributed by atoms with Crippen molar-refractivity contribution in [3.05, 3.63) is 0 Å². The molecule has 0 spiro atoms. The molecule has 160 valence electrons. The third-order valence-corrected chi connectivity index (χ3v) is 5.50. The molecule has 0 aromatic rings. The largest absolute Gasteiger partial charge is 0.379 e. The predicted molar refractivity (Wildman–Crippen MR) is 125 cm³/mol. The lowest BCUT2D eigenvalue weighted by Crippen LogP contribution is -2.51. The molecular weight excluding hydrogens is 453 g/mol. The summed E-state index contributed by atoms with van der Waals surface area (Å²) in [4.78, 5) is 7.01. The van der Waals surface area contributed by atoms with E-state index in [0.29, 0.717) is 5.41 Å². The quantitative estimate of drug-likeness (QED) is 0.219. The van der Waals surface area contributed by atoms with Crippen LogP contribution in [-0.4, -0.2) is 75.9 Å². The molecule has 6 nitrogen and oxygen atoms in total. The van der Waals surface area contributed by atoms with Crippen molar-refractivity contribution in [2.75, 3.05) is 59.5 Å². The Labute approximate surface area is 183 Å². The van der Waals surface area contributed by atoms with Crippen LogP contribution in [0.25, 0.3) is 0 Å². The smallest absolute Gasteiger partial charge is 0.191 e. The topological polar surface area (TPSA) is 60.9 Å². The molecule has 2 aliphatic rings. The summed E-state index contributed by atoms with van der Waals surface area (Å²) in [6.07, 6.45) is 6.73. The summed E-state index contributed by atoms with van der Waals surface area (Å²) < 4.78 is 5.52. The molecule has 7 heteroatoms. The Morgan fingerprint density at radius 1 is 1.04 bits per heavy atom. The number of aliphatic imine (C=N–C) groups is 1. The number of nitrogens with one attached hydrogen (secondary N) is 3. The van der Waals surface area contributed by atoms with E-state index in [1.54, 1.807) is 0 Å². The van der Waals surface area contributed by atoms with E-state index in [4.69, 9.17) is 4.74 Å². The molecule has 27 heavy (non-hydrogen) atoms. The van der Waals surface area contributed by atoms with E-state index < -0.39 is 0 Å². The average Bonchev–Trinajstić information content (AvgIpc) is 2.62. The summed E-state index contributed by atoms with van der Waals surface area (Å²) in [6.45, 7) is 14.5. The lowest BCUT2D eigenvalue weighted by atomic mass is 9.73. The summed E-state index contributed by atoms with van der Waals surface area (Å²) in [5.41, 5.74) is 0.528. The van der Waals surface area contributed by atoms with Gasteiger partial charge >= 0.3 is 0 Å². The molecule has 0 aromatic heterocycles. The molecule has 0 bridgehead atoms. The van der Waals surface area contributed by atoms with E-state index in [-0.39, 0.29) is 29.5 Å². The van der Waals surface area contributed by atoms with E-state index in [0.717, 1.165) is 51.9 Å². The highest BCUT2D eigenvalue weighted by Gasteiger charge is 2.34. The maximum absolute atomic E-state index is 5.52. The number of halogens is 1. The predicted octanol–water partition coefficient (Wildman–Crippen LogP) is 2.44. The van der Waals surface area contributed by atoms with Gasteiger partial charge < -0.3 is 20.7 Å². The van der Waals surface area contributed by atoms with Crippen LogP contribution in [0.15, 0.2) is 4.99 Å². The summed E-state index contributed by atoms with van der Waals surface area (Å²) in [5.74, 6) is 0.924. The zero-order chi connectivity index (χ0) is 18.9. The highest BCUT2D eigenvalue weighted by molar-refractivity contribution is 14.0. The van der Waals surface area contributed by atoms with Gasteiger partial charge in [-0.25, -0.2) is 0 Å². The van der Waals surface area contributed by atoms with E-state index in [1.807, 2.05) is 7.05 Å². The van der Waals surface area contributed by atoms with Gasteiger partial charge in [0.25, 0.3) is 0 Å². The third-order valence-electron chi connectivity index (χ3n) is 5.50. The Bertz CT molecular complexity index is 427. The number of morpholine rings is 1. The van der Waals surface area contributed by atoms with Crippen molar-refractivity contribution in [2.24, 2.45) is 10.4 Å². The monoisotopic (exact) mass is 495 g/mol. The second kappa shape index (κ2) is 12.4. The first-order chi connectivity index (χ1) is 12.4. The zero-order valence-corrected chi connectivity index (χ0v) is 20.2. The van der Waals surface area contributed by atoms with Crippen LogP contribution in [0.5, 0.6) is 0 Å². The van der Waals surface area contributed by atoms with E-state index in [2.05, 4.69) is 46.6 Å². The third kappa shape index (κ3) is 9.76. The lowest BCUT2D eigenvalue weighted by Gasteiger charge is -2.42. The molecule has 0 amide bonds. The molecule has 2 fully saturated rings. The molecule has 0 radical (unpaired) electrons. The van der Waals surface area contributed by atoms with Crippen molar-refractivity contribution >= 4 is 29.9 Å². The maximum atomic E-state index is 5.52. The van der Waals surface area contributed by atoms with Crippen molar-refractivity contribution < 1.29 is 4.74 Å². The normalized spacial score (nSPS) is 21.4. The first-order valence-corrected chi connectivity index (χ1v) is 10.4. The van der Waals surface area contributed by atoms with E-state index in [9.17, 15) is 0 Å². The number of guanidine groups is 1. The summed E-state index contributed by atoms with van der Waals surface area (Å²) in [7, 11) is 1.86. The first-order valence-electron chi connectivity index (χ1n) is 10.4. The van der Waals surface area contributed by atoms with E-state index in [1.165, 1.54) is 38.6 Å². The van der Waals surface area contributed by atoms with E-state index >= 15 is 0 Å². The molecule has 0 unspecified atom stereocenters. The van der Waals surface area contributed by atoms with Crippen LogP contribution < -0.4 is 16.0 Å². The molecule has 3 N–H and O–H groups in total. The Hall–Kier alpha value is -0.120. The number of ether oxygens (including phenoxy) is 1. The maximum Gasteiger partial charge on any atom is 0.191 e. The van der Waals surface area contributed by atoms with Crippen LogP contribution in [0.1, 0.15) is 52.9 Å². The SMILES string of the molecule is CN=C(NCCNC(C)(C)C)NCC1(CN2CCOCC2)CCCCC1.I. The van der Waals surface area contributed by atoms with Gasteiger partial charge in [0.15, 0.2) is 5.96 Å². The number of hydrogen-bond donors (Lipinski definition) is 3. The lowest BCUT2D eigenvalue weighted by molar-refractivity contribution is 0.00820. The Morgan fingerprint density at radius 2 is 1.70 bits per heavy atom. The minimum atomic E-state index is 0. The highest BCUT2D eigenvalue weighted by Crippen LogP contribution is 2.36. The van der Waals surface area contributed by atoms with Gasteiger partial charge in [-0.3, -0.25) is 9.89 Å². The number of nitrogens with zero attached hydrogens (tertiary/aromatic N) is 2. The van der Waals surface area contributed by atoms with Crippen LogP contribution in [0.2, 0.25) is 0 Å². The highest BCUT2D eigenvalue weighted by atomic mass is 127. The summed E-state index contributed by atoms with van der Waals surface area (Å²) in [5, 5.41) is 10.6. The van der Waals surface area contributed by atoms with Crippen LogP contribution in [0.4, 0.5) is 0 Å². The second-order valence-corrected chi connectivity index (χ2v) is 8.98. The molecule has 1 heterocycles. The molecule has 1 saturated heterocycles. The van der Waals surface area contributed by atoms with Gasteiger partial charge in [-0.05, 0) is 33.6 Å². The molecule has 1 aliphatic heterocycles. The van der Waals surface area contributed by atoms with Gasteiger partial charge in [0.05, 0.1) is 13.2 Å². The molecule has 1 saturated carbocycles. The number of rotatable bonds is 7. The number of hydrogen-bond acceptors (Lipinski definition) is 4. The second-order valence-electron chi connectivity index (χ2n) is 8.98. The van der Waals surface area contributed by atoms with Crippen LogP contribution in [-0.2, 0) is 4.74 Å². The summed E-state index contributed by atoms with van der Waals surface area (Å²) >= 11 is 0. The fraction of sp³-hybridized carbons (Fsp3) is 0.950. The van der Waals surface area contributed by atoms with Gasteiger partial charge in [0.1, 0.15) is 0 Å². The van der Waals surface area contributed by atoms with Gasteiger partial charge in [0.2, 0.25) is 0 Å². The molecule has 0 atom stereocenters. The van der Waals surface area contributed by atoms with Crippen LogP contribution in [0.3, 0.4) is 0 Å². The van der Waals surface area contributed by atoms with Crippen molar-refractivity contribution in [2.45, 2.75) is 58.4 Å². The van der Waals surface area contributed by atoms with Crippen molar-refractivity contribution in [1.29, 1.82) is 0 Å². The zero-order valence-electron chi connectivity index (χ0n) is 17.9. The molecule has 0 aromatic carbocycles. The molecular formula is C20H42IN5O. The van der Waals surface area contributed by atoms with Crippen LogP contribution in [0, 0.1) is 5.41 Å². The standard InChI is InChI=1S/C20H41N5O.HI/c1-19(2,3)24-11-10-22-18(21-4)23-16-20(8-6-5-7-9-20)17-25-12-14-26-15-13-25;/h24H,5-17H2,1-4H3,(H2,21,22,23);1H. The van der Waals surface area contributed by atoms with Crippen LogP contribution >= 0.6 is 24.0 Å². The summed E-state index contributed by atoms with van der Waals surface area (Å²) in [6, 6.07) is 0. The first kappa shape index (κ1) is 24.9. The van der Waals surface area contributed by atoms with Gasteiger partial charge in [-0.1, -0.05) is 19.3 Å². The van der Waals surface area contributed by atoms with Gasteiger partial charge in [-0.2, -0.15) is 0 Å². The average molecular weight is 495 g/mol. The minimum Gasteiger partial charge on any atom is -0.379 e. The molecule has 1 aliphatic carbocycles. The van der Waals surface area contributed by atoms with Crippen molar-refractivity contribution in [3.8, 4) is 0 Å².